The van der Waals surface area contributed by atoms with Crippen LogP contribution in [0.15, 0.2) is 11.6 Å². The average molecular weight is 426 g/mol. The van der Waals surface area contributed by atoms with E-state index in [9.17, 15) is 40.2 Å². The van der Waals surface area contributed by atoms with Crippen LogP contribution in [0.1, 0.15) is 27.2 Å². The Morgan fingerprint density at radius 2 is 1.70 bits per heavy atom. The Balaban J connectivity index is 1.86. The molecule has 12 atom stereocenters. The molecule has 2 saturated heterocycles. The number of fused-ring (bicyclic) bond motifs is 2. The van der Waals surface area contributed by atoms with E-state index < -0.39 is 82.4 Å². The van der Waals surface area contributed by atoms with Gasteiger partial charge in [0.2, 0.25) is 0 Å². The molecule has 0 unspecified atom stereocenters. The Labute approximate surface area is 171 Å². The molecule has 0 aromatic heterocycles. The first-order valence-corrected chi connectivity index (χ1v) is 10.0. The van der Waals surface area contributed by atoms with E-state index >= 15 is 0 Å². The quantitative estimate of drug-likeness (QED) is 0.225. The van der Waals surface area contributed by atoms with Gasteiger partial charge >= 0.3 is 5.97 Å². The molecule has 166 valence electrons. The van der Waals surface area contributed by atoms with Crippen molar-refractivity contribution in [2.75, 3.05) is 0 Å². The van der Waals surface area contributed by atoms with Gasteiger partial charge in [0.1, 0.15) is 29.5 Å². The Morgan fingerprint density at radius 1 is 1.07 bits per heavy atom. The Hall–Kier alpha value is -1.40. The van der Waals surface area contributed by atoms with Gasteiger partial charge in [0, 0.05) is 11.3 Å². The first kappa shape index (κ1) is 20.5. The smallest absolute Gasteiger partial charge is 0.338 e. The lowest BCUT2D eigenvalue weighted by molar-refractivity contribution is -0.358. The van der Waals surface area contributed by atoms with E-state index in [1.807, 2.05) is 0 Å². The first-order chi connectivity index (χ1) is 13.8. The van der Waals surface area contributed by atoms with Crippen molar-refractivity contribution in [2.45, 2.75) is 75.2 Å². The van der Waals surface area contributed by atoms with Gasteiger partial charge in [0.25, 0.3) is 0 Å². The number of carbonyl (C=O) groups is 2. The topological polar surface area (TPSA) is 174 Å². The molecule has 30 heavy (non-hydrogen) atoms. The molecule has 1 spiro atoms. The van der Waals surface area contributed by atoms with Crippen LogP contribution < -0.4 is 0 Å². The molecule has 2 heterocycles. The summed E-state index contributed by atoms with van der Waals surface area (Å²) in [5, 5.41) is 66.9. The maximum absolute atomic E-state index is 12.6. The van der Waals surface area contributed by atoms with E-state index in [4.69, 9.17) is 9.47 Å². The number of carbonyl (C=O) groups excluding carboxylic acids is 2. The summed E-state index contributed by atoms with van der Waals surface area (Å²) < 4.78 is 11.0. The maximum Gasteiger partial charge on any atom is 0.338 e. The fraction of sp³-hybridized carbons (Fsp3) is 0.800. The molecule has 0 amide bonds. The molecular formula is C20H26O10. The van der Waals surface area contributed by atoms with Crippen molar-refractivity contribution in [1.82, 2.24) is 0 Å². The Kier molecular flexibility index (Phi) is 3.76. The van der Waals surface area contributed by atoms with Crippen LogP contribution >= 0.6 is 0 Å². The van der Waals surface area contributed by atoms with Crippen molar-refractivity contribution >= 4 is 11.8 Å². The van der Waals surface area contributed by atoms with Crippen LogP contribution in [0.25, 0.3) is 0 Å². The molecule has 2 saturated carbocycles. The number of ether oxygens (including phenoxy) is 2. The molecular weight excluding hydrogens is 400 g/mol. The lowest BCUT2D eigenvalue weighted by atomic mass is 9.36. The monoisotopic (exact) mass is 426 g/mol. The lowest BCUT2D eigenvalue weighted by Crippen LogP contribution is -2.87. The lowest BCUT2D eigenvalue weighted by Gasteiger charge is -2.70. The molecule has 10 heteroatoms. The summed E-state index contributed by atoms with van der Waals surface area (Å²) in [5.41, 5.74) is -7.53. The molecule has 0 aromatic carbocycles. The second-order valence-corrected chi connectivity index (χ2v) is 9.87. The zero-order valence-corrected chi connectivity index (χ0v) is 16.7. The van der Waals surface area contributed by atoms with Gasteiger partial charge < -0.3 is 40.1 Å². The molecule has 2 bridgehead atoms. The molecule has 0 radical (unpaired) electrons. The third-order valence-electron chi connectivity index (χ3n) is 8.99. The highest BCUT2D eigenvalue weighted by molar-refractivity contribution is 5.96. The van der Waals surface area contributed by atoms with Crippen LogP contribution in [0.3, 0.4) is 0 Å². The third-order valence-corrected chi connectivity index (χ3v) is 8.99. The summed E-state index contributed by atoms with van der Waals surface area (Å²) in [7, 11) is 0. The van der Waals surface area contributed by atoms with Crippen molar-refractivity contribution < 1.29 is 49.7 Å². The molecule has 5 aliphatic rings. The predicted molar refractivity (Wildman–Crippen MR) is 95.3 cm³/mol. The van der Waals surface area contributed by atoms with Crippen LogP contribution in [0, 0.1) is 22.7 Å². The zero-order valence-electron chi connectivity index (χ0n) is 16.7. The molecule has 10 nitrogen and oxygen atoms in total. The van der Waals surface area contributed by atoms with Crippen molar-refractivity contribution in [3.63, 3.8) is 0 Å². The summed E-state index contributed by atoms with van der Waals surface area (Å²) in [6.07, 6.45) is -9.08. The van der Waals surface area contributed by atoms with Gasteiger partial charge in [-0.1, -0.05) is 12.5 Å². The van der Waals surface area contributed by atoms with Gasteiger partial charge in [-0.3, -0.25) is 4.79 Å². The van der Waals surface area contributed by atoms with Gasteiger partial charge in [-0.15, -0.1) is 0 Å². The zero-order chi connectivity index (χ0) is 22.2. The van der Waals surface area contributed by atoms with Crippen LogP contribution in [0.5, 0.6) is 0 Å². The second-order valence-electron chi connectivity index (χ2n) is 9.87. The first-order valence-electron chi connectivity index (χ1n) is 10.0. The fourth-order valence-electron chi connectivity index (χ4n) is 7.66. The number of aliphatic hydroxyl groups is 6. The summed E-state index contributed by atoms with van der Waals surface area (Å²) in [6.45, 7) is 4.42. The minimum atomic E-state index is -2.55. The molecule has 3 aliphatic carbocycles. The molecule has 0 aromatic rings. The number of aliphatic hydroxyl groups excluding tert-OH is 5. The standard InChI is InChI=1S/C20H26O10/c1-6-4-8(21)12(23)17(2)7(6)5-9-19-11(17)10(22)13(24)18(3,30-16(19)27)20(19,28)14(25)15(26)29-9/h4,7,9-14,16,22-25,27-28H,5H2,1-3H3/t7-,9+,10+,11+,12+,13-,14-,16-,17-,18+,19+,20+/m0/s1. The van der Waals surface area contributed by atoms with E-state index in [0.29, 0.717) is 5.57 Å². The summed E-state index contributed by atoms with van der Waals surface area (Å²) >= 11 is 0. The number of ketones is 1. The summed E-state index contributed by atoms with van der Waals surface area (Å²) in [6, 6.07) is 0. The minimum absolute atomic E-state index is 0.0136. The molecule has 4 fully saturated rings. The normalized spacial score (nSPS) is 61.7. The van der Waals surface area contributed by atoms with Crippen molar-refractivity contribution in [3.05, 3.63) is 11.6 Å². The maximum atomic E-state index is 12.6. The van der Waals surface area contributed by atoms with Crippen LogP contribution in [-0.2, 0) is 19.1 Å². The second kappa shape index (κ2) is 5.50. The largest absolute Gasteiger partial charge is 0.459 e. The number of hydrogen-bond donors (Lipinski definition) is 6. The minimum Gasteiger partial charge on any atom is -0.459 e. The van der Waals surface area contributed by atoms with E-state index in [2.05, 4.69) is 0 Å². The highest BCUT2D eigenvalue weighted by Crippen LogP contribution is 2.74. The van der Waals surface area contributed by atoms with Crippen molar-refractivity contribution in [2.24, 2.45) is 22.7 Å². The van der Waals surface area contributed by atoms with Crippen LogP contribution in [-0.4, -0.2) is 90.4 Å². The molecule has 5 rings (SSSR count). The van der Waals surface area contributed by atoms with Crippen LogP contribution in [0.4, 0.5) is 0 Å². The highest BCUT2D eigenvalue weighted by atomic mass is 16.7. The Bertz CT molecular complexity index is 887. The van der Waals surface area contributed by atoms with Gasteiger partial charge in [-0.25, -0.2) is 4.79 Å². The SMILES string of the molecule is CC1=CC(=O)[C@@H](O)[C@]2(C)[C@H]3[C@@H](O)[C@H](O)[C@@]4(C)O[C@H](O)[C@@]35[C@@H](C[C@@H]12)OC(=O)[C@H](O)[C@]54O. The average Bonchev–Trinajstić information content (AvgIpc) is 2.81. The van der Waals surface area contributed by atoms with E-state index in [1.54, 1.807) is 13.8 Å². The highest BCUT2D eigenvalue weighted by Gasteiger charge is 2.91. The molecule has 6 N–H and O–H groups in total. The van der Waals surface area contributed by atoms with E-state index in [-0.39, 0.29) is 6.42 Å². The third kappa shape index (κ3) is 1.69. The Morgan fingerprint density at radius 3 is 2.33 bits per heavy atom. The summed E-state index contributed by atoms with van der Waals surface area (Å²) in [4.78, 5) is 25.1. The number of hydrogen-bond acceptors (Lipinski definition) is 10. The van der Waals surface area contributed by atoms with E-state index in [0.717, 1.165) is 0 Å². The predicted octanol–water partition coefficient (Wildman–Crippen LogP) is -2.63. The van der Waals surface area contributed by atoms with Crippen molar-refractivity contribution in [1.29, 1.82) is 0 Å². The van der Waals surface area contributed by atoms with Gasteiger partial charge in [-0.05, 0) is 32.3 Å². The fourth-order valence-corrected chi connectivity index (χ4v) is 7.66. The van der Waals surface area contributed by atoms with Gasteiger partial charge in [-0.2, -0.15) is 0 Å². The van der Waals surface area contributed by atoms with Crippen molar-refractivity contribution in [3.8, 4) is 0 Å². The van der Waals surface area contributed by atoms with E-state index in [1.165, 1.54) is 13.0 Å². The van der Waals surface area contributed by atoms with Crippen LogP contribution in [0.2, 0.25) is 0 Å². The van der Waals surface area contributed by atoms with Gasteiger partial charge in [0.05, 0.1) is 11.5 Å². The molecule has 2 aliphatic heterocycles. The number of rotatable bonds is 0. The van der Waals surface area contributed by atoms with Gasteiger partial charge in [0.15, 0.2) is 18.2 Å². The summed E-state index contributed by atoms with van der Waals surface area (Å²) in [5.74, 6) is -3.68. The number of allylic oxidation sites excluding steroid dienone is 1. The number of esters is 1.